The van der Waals surface area contributed by atoms with E-state index in [2.05, 4.69) is 15.6 Å². The number of piperazine rings is 1. The molecule has 2 aliphatic rings. The number of H-pyrrole nitrogens is 1. The zero-order valence-corrected chi connectivity index (χ0v) is 16.3. The Labute approximate surface area is 171 Å². The number of nitrogens with one attached hydrogen (secondary N) is 3. The monoisotopic (exact) mass is 419 g/mol. The molecule has 1 aromatic heterocycles. The van der Waals surface area contributed by atoms with Crippen molar-refractivity contribution in [2.24, 2.45) is 0 Å². The van der Waals surface area contributed by atoms with Gasteiger partial charge in [0.25, 0.3) is 0 Å². The van der Waals surface area contributed by atoms with Gasteiger partial charge in [-0.15, -0.1) is 0 Å². The average molecular weight is 419 g/mol. The van der Waals surface area contributed by atoms with Crippen LogP contribution in [0, 0.1) is 0 Å². The molecule has 0 radical (unpaired) electrons. The van der Waals surface area contributed by atoms with Crippen LogP contribution in [-0.2, 0) is 20.7 Å². The summed E-state index contributed by atoms with van der Waals surface area (Å²) in [5.41, 5.74) is 1.76. The zero-order chi connectivity index (χ0) is 21.6. The second kappa shape index (κ2) is 7.97. The number of aromatic nitrogens is 1. The summed E-state index contributed by atoms with van der Waals surface area (Å²) in [6.07, 6.45) is -6.49. The van der Waals surface area contributed by atoms with Crippen LogP contribution in [0.25, 0.3) is 10.9 Å². The number of benzene rings is 1. The molecule has 30 heavy (non-hydrogen) atoms. The van der Waals surface area contributed by atoms with Crippen LogP contribution in [-0.4, -0.2) is 80.3 Å². The number of aliphatic hydroxyl groups is 4. The molecule has 7 N–H and O–H groups in total. The molecule has 2 fully saturated rings. The van der Waals surface area contributed by atoms with Crippen molar-refractivity contribution in [1.82, 2.24) is 15.6 Å². The number of amides is 2. The molecule has 0 saturated carbocycles. The lowest BCUT2D eigenvalue weighted by atomic mass is 9.90. The molecule has 0 bridgehead atoms. The van der Waals surface area contributed by atoms with Gasteiger partial charge in [-0.1, -0.05) is 18.2 Å². The van der Waals surface area contributed by atoms with Crippen LogP contribution in [0.2, 0.25) is 0 Å². The predicted molar refractivity (Wildman–Crippen MR) is 104 cm³/mol. The summed E-state index contributed by atoms with van der Waals surface area (Å²) in [5.74, 6) is -0.624. The van der Waals surface area contributed by atoms with Crippen LogP contribution < -0.4 is 10.6 Å². The van der Waals surface area contributed by atoms with Gasteiger partial charge >= 0.3 is 0 Å². The molecule has 0 unspecified atom stereocenters. The summed E-state index contributed by atoms with van der Waals surface area (Å²) < 4.78 is 5.71. The Morgan fingerprint density at radius 1 is 1.00 bits per heavy atom. The zero-order valence-electron chi connectivity index (χ0n) is 16.3. The van der Waals surface area contributed by atoms with E-state index >= 15 is 0 Å². The molecule has 1 aromatic carbocycles. The molecule has 2 aliphatic heterocycles. The third kappa shape index (κ3) is 3.46. The molecule has 2 saturated heterocycles. The summed E-state index contributed by atoms with van der Waals surface area (Å²) >= 11 is 0. The van der Waals surface area contributed by atoms with E-state index in [9.17, 15) is 30.0 Å². The Kier molecular flexibility index (Phi) is 5.51. The Balaban J connectivity index is 1.74. The number of aromatic amines is 1. The van der Waals surface area contributed by atoms with Crippen molar-refractivity contribution in [3.63, 3.8) is 0 Å². The number of aliphatic hydroxyl groups excluding tert-OH is 4. The van der Waals surface area contributed by atoms with Crippen molar-refractivity contribution < 1.29 is 34.8 Å². The van der Waals surface area contributed by atoms with Crippen LogP contribution in [0.5, 0.6) is 0 Å². The van der Waals surface area contributed by atoms with Gasteiger partial charge in [-0.25, -0.2) is 0 Å². The Morgan fingerprint density at radius 2 is 1.73 bits per heavy atom. The lowest BCUT2D eigenvalue weighted by Gasteiger charge is -2.40. The first-order chi connectivity index (χ1) is 14.3. The maximum absolute atomic E-state index is 12.4. The first-order valence-corrected chi connectivity index (χ1v) is 9.82. The van der Waals surface area contributed by atoms with Gasteiger partial charge in [-0.3, -0.25) is 9.59 Å². The summed E-state index contributed by atoms with van der Waals surface area (Å²) in [6, 6.07) is 5.83. The van der Waals surface area contributed by atoms with Crippen LogP contribution in [0.4, 0.5) is 0 Å². The fourth-order valence-electron chi connectivity index (χ4n) is 4.11. The smallest absolute Gasteiger partial charge is 0.243 e. The van der Waals surface area contributed by atoms with E-state index in [1.807, 2.05) is 24.3 Å². The SMILES string of the molecule is C[C@@H]1NC(=O)[C@H](Cc2c([C@H]3O[C@H](CO)[C@@H](O)[C@H](O)[C@@H]3O)[nH]c3ccccc23)NC1=O. The predicted octanol–water partition coefficient (Wildman–Crippen LogP) is -1.77. The largest absolute Gasteiger partial charge is 0.394 e. The third-order valence-corrected chi connectivity index (χ3v) is 5.82. The van der Waals surface area contributed by atoms with Crippen molar-refractivity contribution in [2.45, 2.75) is 55.9 Å². The molecule has 2 amide bonds. The molecule has 7 atom stereocenters. The number of ether oxygens (including phenoxy) is 1. The Hall–Kier alpha value is -2.50. The molecule has 4 rings (SSSR count). The standard InChI is InChI=1S/C20H25N3O7/c1-8-19(28)23-12(20(29)21-8)6-10-9-4-2-3-5-11(9)22-14(10)18-17(27)16(26)15(25)13(7-24)30-18/h2-5,8,12-13,15-18,22,24-27H,6-7H2,1H3,(H,21,29)(H,23,28)/t8-,12-,13+,15+,16-,17-,18+/m0/s1. The number of carbonyl (C=O) groups excluding carboxylic acids is 2. The van der Waals surface area contributed by atoms with E-state index in [0.29, 0.717) is 11.3 Å². The van der Waals surface area contributed by atoms with Crippen LogP contribution in [0.1, 0.15) is 24.3 Å². The van der Waals surface area contributed by atoms with E-state index in [1.165, 1.54) is 0 Å². The summed E-state index contributed by atoms with van der Waals surface area (Å²) in [4.78, 5) is 27.7. The van der Waals surface area contributed by atoms with Gasteiger partial charge in [0, 0.05) is 17.3 Å². The van der Waals surface area contributed by atoms with E-state index in [4.69, 9.17) is 4.74 Å². The third-order valence-electron chi connectivity index (χ3n) is 5.82. The normalized spacial score (nSPS) is 34.6. The summed E-state index contributed by atoms with van der Waals surface area (Å²) in [5, 5.41) is 46.4. The summed E-state index contributed by atoms with van der Waals surface area (Å²) in [7, 11) is 0. The van der Waals surface area contributed by atoms with Crippen molar-refractivity contribution in [1.29, 1.82) is 0 Å². The first kappa shape index (κ1) is 20.8. The molecule has 10 heteroatoms. The molecule has 0 spiro atoms. The van der Waals surface area contributed by atoms with E-state index in [0.717, 1.165) is 10.9 Å². The highest BCUT2D eigenvalue weighted by Crippen LogP contribution is 2.37. The summed E-state index contributed by atoms with van der Waals surface area (Å²) in [6.45, 7) is 1.05. The highest BCUT2D eigenvalue weighted by Gasteiger charge is 2.45. The fraction of sp³-hybridized carbons (Fsp3) is 0.500. The molecular weight excluding hydrogens is 394 g/mol. The van der Waals surface area contributed by atoms with Gasteiger partial charge in [0.15, 0.2) is 0 Å². The second-order valence-corrected chi connectivity index (χ2v) is 7.81. The van der Waals surface area contributed by atoms with Gasteiger partial charge in [0.1, 0.15) is 42.6 Å². The first-order valence-electron chi connectivity index (χ1n) is 9.82. The van der Waals surface area contributed by atoms with Crippen LogP contribution in [0.3, 0.4) is 0 Å². The molecule has 10 nitrogen and oxygen atoms in total. The topological polar surface area (TPSA) is 164 Å². The molecule has 162 valence electrons. The minimum Gasteiger partial charge on any atom is -0.394 e. The Bertz CT molecular complexity index is 959. The minimum absolute atomic E-state index is 0.124. The molecule has 3 heterocycles. The number of fused-ring (bicyclic) bond motifs is 1. The van der Waals surface area contributed by atoms with Crippen molar-refractivity contribution >= 4 is 22.7 Å². The highest BCUT2D eigenvalue weighted by atomic mass is 16.5. The molecular formula is C20H25N3O7. The van der Waals surface area contributed by atoms with Crippen molar-refractivity contribution in [3.8, 4) is 0 Å². The number of hydrogen-bond donors (Lipinski definition) is 7. The van der Waals surface area contributed by atoms with Gasteiger partial charge in [0.05, 0.1) is 12.3 Å². The fourth-order valence-corrected chi connectivity index (χ4v) is 4.11. The maximum atomic E-state index is 12.4. The average Bonchev–Trinajstić information content (AvgIpc) is 3.09. The highest BCUT2D eigenvalue weighted by molar-refractivity contribution is 5.97. The second-order valence-electron chi connectivity index (χ2n) is 7.81. The van der Waals surface area contributed by atoms with Gasteiger partial charge < -0.3 is 40.8 Å². The molecule has 0 aliphatic carbocycles. The lowest BCUT2D eigenvalue weighted by Crippen LogP contribution is -2.61. The quantitative estimate of drug-likeness (QED) is 0.308. The number of hydrogen-bond acceptors (Lipinski definition) is 7. The molecule has 2 aromatic rings. The lowest BCUT2D eigenvalue weighted by molar-refractivity contribution is -0.232. The van der Waals surface area contributed by atoms with E-state index in [-0.39, 0.29) is 18.2 Å². The van der Waals surface area contributed by atoms with Gasteiger partial charge in [-0.2, -0.15) is 0 Å². The van der Waals surface area contributed by atoms with Gasteiger partial charge in [0.2, 0.25) is 11.8 Å². The van der Waals surface area contributed by atoms with Gasteiger partial charge in [-0.05, 0) is 18.6 Å². The van der Waals surface area contributed by atoms with Crippen LogP contribution >= 0.6 is 0 Å². The minimum atomic E-state index is -1.53. The van der Waals surface area contributed by atoms with Crippen molar-refractivity contribution in [3.05, 3.63) is 35.5 Å². The van der Waals surface area contributed by atoms with Crippen molar-refractivity contribution in [2.75, 3.05) is 6.61 Å². The number of rotatable bonds is 4. The van der Waals surface area contributed by atoms with E-state index < -0.39 is 49.2 Å². The van der Waals surface area contributed by atoms with Crippen LogP contribution in [0.15, 0.2) is 24.3 Å². The number of para-hydroxylation sites is 1. The maximum Gasteiger partial charge on any atom is 0.243 e. The Morgan fingerprint density at radius 3 is 2.47 bits per heavy atom. The number of carbonyl (C=O) groups is 2. The van der Waals surface area contributed by atoms with E-state index in [1.54, 1.807) is 6.92 Å².